The first-order valence-electron chi connectivity index (χ1n) is 9.71. The fourth-order valence-corrected chi connectivity index (χ4v) is 3.56. The van der Waals surface area contributed by atoms with Crippen molar-refractivity contribution < 1.29 is 9.53 Å². The highest BCUT2D eigenvalue weighted by molar-refractivity contribution is 5.89. The summed E-state index contributed by atoms with van der Waals surface area (Å²) >= 11 is 0. The molecule has 1 fully saturated rings. The second kappa shape index (κ2) is 9.97. The number of para-hydroxylation sites is 1. The minimum absolute atomic E-state index is 0.137. The first kappa shape index (κ1) is 19.2. The van der Waals surface area contributed by atoms with E-state index in [0.717, 1.165) is 37.4 Å². The molecule has 2 aromatic rings. The average molecular weight is 367 g/mol. The Balaban J connectivity index is 1.46. The number of anilines is 1. The lowest BCUT2D eigenvalue weighted by molar-refractivity contribution is 0.148. The van der Waals surface area contributed by atoms with Crippen molar-refractivity contribution in [2.24, 2.45) is 0 Å². The van der Waals surface area contributed by atoms with E-state index in [4.69, 9.17) is 4.74 Å². The zero-order chi connectivity index (χ0) is 18.9. The number of amides is 2. The van der Waals surface area contributed by atoms with Gasteiger partial charge < -0.3 is 15.4 Å². The lowest BCUT2D eigenvalue weighted by Crippen LogP contribution is -2.48. The number of nitrogens with zero attached hydrogens (tertiary/aromatic N) is 1. The van der Waals surface area contributed by atoms with Crippen LogP contribution < -0.4 is 15.4 Å². The van der Waals surface area contributed by atoms with Gasteiger partial charge in [0.15, 0.2) is 0 Å². The molecule has 144 valence electrons. The number of ether oxygens (including phenoxy) is 1. The molecule has 27 heavy (non-hydrogen) atoms. The van der Waals surface area contributed by atoms with Crippen LogP contribution in [0.5, 0.6) is 5.75 Å². The standard InChI is InChI=1S/C22H29N3O2/c1-27-21-12-10-18(11-13-21)14-16-25-15-6-5-9-20(25)17-23-22(26)24-19-7-3-2-4-8-19/h2-4,7-8,10-13,20H,5-6,9,14-17H2,1H3,(H2,23,24,26). The third kappa shape index (κ3) is 6.00. The highest BCUT2D eigenvalue weighted by Gasteiger charge is 2.22. The molecule has 3 rings (SSSR count). The van der Waals surface area contributed by atoms with E-state index < -0.39 is 0 Å². The highest BCUT2D eigenvalue weighted by atomic mass is 16.5. The van der Waals surface area contributed by atoms with Crippen molar-refractivity contribution in [1.82, 2.24) is 10.2 Å². The predicted octanol–water partition coefficient (Wildman–Crippen LogP) is 3.91. The van der Waals surface area contributed by atoms with Gasteiger partial charge in [-0.3, -0.25) is 4.90 Å². The van der Waals surface area contributed by atoms with Crippen molar-refractivity contribution in [3.63, 3.8) is 0 Å². The van der Waals surface area contributed by atoms with Gasteiger partial charge in [0.2, 0.25) is 0 Å². The van der Waals surface area contributed by atoms with Crippen LogP contribution in [0.4, 0.5) is 10.5 Å². The van der Waals surface area contributed by atoms with Crippen LogP contribution in [0.1, 0.15) is 24.8 Å². The maximum absolute atomic E-state index is 12.1. The van der Waals surface area contributed by atoms with Gasteiger partial charge in [-0.2, -0.15) is 0 Å². The Labute approximate surface area is 161 Å². The summed E-state index contributed by atoms with van der Waals surface area (Å²) in [5.41, 5.74) is 2.13. The number of piperidine rings is 1. The summed E-state index contributed by atoms with van der Waals surface area (Å²) in [6.07, 6.45) is 4.60. The van der Waals surface area contributed by atoms with Crippen LogP contribution in [0, 0.1) is 0 Å². The van der Waals surface area contributed by atoms with Crippen molar-refractivity contribution in [1.29, 1.82) is 0 Å². The van der Waals surface area contributed by atoms with E-state index in [-0.39, 0.29) is 6.03 Å². The molecule has 1 atom stereocenters. The van der Waals surface area contributed by atoms with Gasteiger partial charge in [0.25, 0.3) is 0 Å². The number of carbonyl (C=O) groups excluding carboxylic acids is 1. The third-order valence-corrected chi connectivity index (χ3v) is 5.13. The van der Waals surface area contributed by atoms with E-state index in [0.29, 0.717) is 12.6 Å². The van der Waals surface area contributed by atoms with E-state index in [1.165, 1.54) is 18.4 Å². The summed E-state index contributed by atoms with van der Waals surface area (Å²) in [6.45, 7) is 2.79. The molecular weight excluding hydrogens is 338 g/mol. The zero-order valence-electron chi connectivity index (χ0n) is 16.0. The van der Waals surface area contributed by atoms with E-state index >= 15 is 0 Å². The Morgan fingerprint density at radius 3 is 2.63 bits per heavy atom. The van der Waals surface area contributed by atoms with Crippen LogP contribution in [-0.4, -0.2) is 43.7 Å². The van der Waals surface area contributed by atoms with E-state index in [9.17, 15) is 4.79 Å². The number of hydrogen-bond donors (Lipinski definition) is 2. The number of carbonyl (C=O) groups is 1. The Morgan fingerprint density at radius 1 is 1.11 bits per heavy atom. The van der Waals surface area contributed by atoms with Gasteiger partial charge in [0.05, 0.1) is 7.11 Å². The maximum atomic E-state index is 12.1. The van der Waals surface area contributed by atoms with Gasteiger partial charge >= 0.3 is 6.03 Å². The fourth-order valence-electron chi connectivity index (χ4n) is 3.56. The smallest absolute Gasteiger partial charge is 0.319 e. The molecule has 0 radical (unpaired) electrons. The minimum atomic E-state index is -0.137. The Kier molecular flexibility index (Phi) is 7.11. The topological polar surface area (TPSA) is 53.6 Å². The van der Waals surface area contributed by atoms with Crippen molar-refractivity contribution in [3.05, 3.63) is 60.2 Å². The van der Waals surface area contributed by atoms with Gasteiger partial charge in [0.1, 0.15) is 5.75 Å². The largest absolute Gasteiger partial charge is 0.497 e. The van der Waals surface area contributed by atoms with E-state index in [1.54, 1.807) is 7.11 Å². The summed E-state index contributed by atoms with van der Waals surface area (Å²) in [5.74, 6) is 0.892. The van der Waals surface area contributed by atoms with Crippen LogP contribution in [0.15, 0.2) is 54.6 Å². The predicted molar refractivity (Wildman–Crippen MR) is 109 cm³/mol. The number of nitrogens with one attached hydrogen (secondary N) is 2. The van der Waals surface area contributed by atoms with Gasteiger partial charge in [-0.05, 0) is 55.6 Å². The number of benzene rings is 2. The third-order valence-electron chi connectivity index (χ3n) is 5.13. The van der Waals surface area contributed by atoms with Crippen molar-refractivity contribution in [2.45, 2.75) is 31.7 Å². The summed E-state index contributed by atoms with van der Waals surface area (Å²) < 4.78 is 5.22. The number of rotatable bonds is 7. The van der Waals surface area contributed by atoms with Crippen molar-refractivity contribution in [3.8, 4) is 5.75 Å². The number of urea groups is 1. The second-order valence-corrected chi connectivity index (χ2v) is 6.98. The Hall–Kier alpha value is -2.53. The molecular formula is C22H29N3O2. The minimum Gasteiger partial charge on any atom is -0.497 e. The molecule has 2 N–H and O–H groups in total. The molecule has 5 nitrogen and oxygen atoms in total. The molecule has 2 aromatic carbocycles. The second-order valence-electron chi connectivity index (χ2n) is 6.98. The van der Waals surface area contributed by atoms with Gasteiger partial charge in [-0.15, -0.1) is 0 Å². The fraction of sp³-hybridized carbons (Fsp3) is 0.409. The first-order valence-corrected chi connectivity index (χ1v) is 9.71. The normalized spacial score (nSPS) is 17.3. The van der Waals surface area contributed by atoms with Crippen LogP contribution in [0.2, 0.25) is 0 Å². The lowest BCUT2D eigenvalue weighted by Gasteiger charge is -2.35. The first-order chi connectivity index (χ1) is 13.2. The van der Waals surface area contributed by atoms with Gasteiger partial charge in [0, 0.05) is 24.8 Å². The summed E-state index contributed by atoms with van der Waals surface area (Å²) in [4.78, 5) is 14.7. The number of methoxy groups -OCH3 is 1. The van der Waals surface area contributed by atoms with Crippen molar-refractivity contribution >= 4 is 11.7 Å². The molecule has 1 saturated heterocycles. The molecule has 5 heteroatoms. The highest BCUT2D eigenvalue weighted by Crippen LogP contribution is 2.18. The van der Waals surface area contributed by atoms with Crippen molar-refractivity contribution in [2.75, 3.05) is 32.1 Å². The number of hydrogen-bond acceptors (Lipinski definition) is 3. The van der Waals surface area contributed by atoms with Gasteiger partial charge in [-0.1, -0.05) is 36.8 Å². The summed E-state index contributed by atoms with van der Waals surface area (Å²) in [7, 11) is 1.69. The van der Waals surface area contributed by atoms with E-state index in [1.807, 2.05) is 42.5 Å². The molecule has 1 aliphatic rings. The van der Waals surface area contributed by atoms with Crippen LogP contribution >= 0.6 is 0 Å². The average Bonchev–Trinajstić information content (AvgIpc) is 2.72. The molecule has 0 aliphatic carbocycles. The van der Waals surface area contributed by atoms with Crippen LogP contribution in [0.3, 0.4) is 0 Å². The van der Waals surface area contributed by atoms with Crippen LogP contribution in [-0.2, 0) is 6.42 Å². The summed E-state index contributed by atoms with van der Waals surface area (Å²) in [6, 6.07) is 18.1. The van der Waals surface area contributed by atoms with Gasteiger partial charge in [-0.25, -0.2) is 4.79 Å². The maximum Gasteiger partial charge on any atom is 0.319 e. The molecule has 1 aliphatic heterocycles. The molecule has 0 spiro atoms. The zero-order valence-corrected chi connectivity index (χ0v) is 16.0. The molecule has 2 amide bonds. The number of likely N-dealkylation sites (tertiary alicyclic amines) is 1. The SMILES string of the molecule is COc1ccc(CCN2CCCCC2CNC(=O)Nc2ccccc2)cc1. The molecule has 0 saturated carbocycles. The van der Waals surface area contributed by atoms with Crippen LogP contribution in [0.25, 0.3) is 0 Å². The monoisotopic (exact) mass is 367 g/mol. The molecule has 1 heterocycles. The molecule has 0 bridgehead atoms. The molecule has 1 unspecified atom stereocenters. The Morgan fingerprint density at radius 2 is 1.89 bits per heavy atom. The quantitative estimate of drug-likeness (QED) is 0.780. The lowest BCUT2D eigenvalue weighted by atomic mass is 10.0. The summed E-state index contributed by atoms with van der Waals surface area (Å²) in [5, 5.41) is 5.92. The van der Waals surface area contributed by atoms with E-state index in [2.05, 4.69) is 27.7 Å². The Bertz CT molecular complexity index is 703. The molecule has 0 aromatic heterocycles.